The molecule has 0 radical (unpaired) electrons. The number of nitrogens with zero attached hydrogens (tertiary/aromatic N) is 5. The molecule has 0 spiro atoms. The molecule has 0 saturated carbocycles. The van der Waals surface area contributed by atoms with E-state index in [1.807, 2.05) is 103 Å². The van der Waals surface area contributed by atoms with Gasteiger partial charge in [-0.3, -0.25) is 5.41 Å². The summed E-state index contributed by atoms with van der Waals surface area (Å²) < 4.78 is 4.85. The average Bonchev–Trinajstić information content (AvgIpc) is 3.94. The molecule has 3 aromatic heterocycles. The summed E-state index contributed by atoms with van der Waals surface area (Å²) >= 11 is 0. The van der Waals surface area contributed by atoms with Crippen molar-refractivity contribution in [1.29, 1.82) is 5.41 Å². The molecule has 320 valence electrons. The highest BCUT2D eigenvalue weighted by Crippen LogP contribution is 2.43. The second-order valence-electron chi connectivity index (χ2n) is 16.8. The molecule has 0 aliphatic rings. The van der Waals surface area contributed by atoms with Crippen LogP contribution in [-0.4, -0.2) is 30.6 Å². The van der Waals surface area contributed by atoms with Crippen LogP contribution in [-0.2, 0) is 0 Å². The van der Waals surface area contributed by atoms with Gasteiger partial charge in [0.05, 0.1) is 44.9 Å². The van der Waals surface area contributed by atoms with Crippen molar-refractivity contribution in [3.63, 3.8) is 0 Å². The van der Waals surface area contributed by atoms with Crippen LogP contribution in [0.1, 0.15) is 16.7 Å². The van der Waals surface area contributed by atoms with Crippen LogP contribution in [0, 0.1) is 5.41 Å². The van der Waals surface area contributed by atoms with Crippen LogP contribution in [0.4, 0.5) is 0 Å². The minimum Gasteiger partial charge on any atom is -0.307 e. The van der Waals surface area contributed by atoms with Gasteiger partial charge in [0.2, 0.25) is 0 Å². The summed E-state index contributed by atoms with van der Waals surface area (Å²) in [6, 6.07) is 81.6. The Morgan fingerprint density at radius 3 is 1.56 bits per heavy atom. The molecule has 0 aliphatic carbocycles. The first kappa shape index (κ1) is 40.3. The van der Waals surface area contributed by atoms with Crippen molar-refractivity contribution in [3.8, 4) is 45.3 Å². The fourth-order valence-corrected chi connectivity index (χ4v) is 9.47. The first-order chi connectivity index (χ1) is 33.7. The Morgan fingerprint density at radius 2 is 0.926 bits per heavy atom. The molecule has 0 bridgehead atoms. The lowest BCUT2D eigenvalue weighted by molar-refractivity contribution is 1.14. The predicted molar refractivity (Wildman–Crippen MR) is 282 cm³/mol. The first-order valence-electron chi connectivity index (χ1n) is 22.8. The van der Waals surface area contributed by atoms with Gasteiger partial charge in [-0.1, -0.05) is 200 Å². The molecule has 3 heterocycles. The van der Waals surface area contributed by atoms with Crippen molar-refractivity contribution >= 4 is 61.2 Å². The largest absolute Gasteiger partial charge is 0.307 e. The van der Waals surface area contributed by atoms with Gasteiger partial charge >= 0.3 is 0 Å². The number of aromatic nitrogens is 4. The van der Waals surface area contributed by atoms with Crippen LogP contribution >= 0.6 is 0 Å². The van der Waals surface area contributed by atoms with Crippen LogP contribution in [0.5, 0.6) is 0 Å². The molecule has 0 fully saturated rings. The monoisotopic (exact) mass is 870 g/mol. The Hall–Kier alpha value is -9.26. The van der Waals surface area contributed by atoms with Crippen LogP contribution in [0.2, 0.25) is 0 Å². The van der Waals surface area contributed by atoms with Crippen LogP contribution in [0.25, 0.3) is 95.0 Å². The standard InChI is InChI=1S/C62H42N6/c63-61(44-24-10-3-11-25-44)64-53(42-20-6-1-7-21-42)38-34-47-40-46(55-41-54(43-22-8-2-9-23-43)65-62(66-55)45-26-12-4-13-27-45)35-39-56(47)68-58-33-19-17-31-50(58)52-37-36-51-49-30-16-18-32-57(49)67(59(51)60(52)68)48-28-14-5-15-29-48/h1-41,63H/b38-34+,63-61?,64-53+. The Balaban J connectivity index is 1.15. The number of hydrogen-bond donors (Lipinski definition) is 1. The highest BCUT2D eigenvalue weighted by Gasteiger charge is 2.23. The van der Waals surface area contributed by atoms with Gasteiger partial charge in [0.15, 0.2) is 11.7 Å². The van der Waals surface area contributed by atoms with Crippen molar-refractivity contribution in [2.45, 2.75) is 0 Å². The summed E-state index contributed by atoms with van der Waals surface area (Å²) in [6.07, 6.45) is 4.19. The van der Waals surface area contributed by atoms with Gasteiger partial charge in [-0.2, -0.15) is 0 Å². The molecule has 9 aromatic carbocycles. The summed E-state index contributed by atoms with van der Waals surface area (Å²) in [4.78, 5) is 15.4. The normalized spacial score (nSPS) is 11.9. The van der Waals surface area contributed by atoms with E-state index in [-0.39, 0.29) is 5.84 Å². The van der Waals surface area contributed by atoms with E-state index in [1.54, 1.807) is 0 Å². The lowest BCUT2D eigenvalue weighted by Crippen LogP contribution is -2.04. The maximum atomic E-state index is 9.13. The molecule has 6 nitrogen and oxygen atoms in total. The lowest BCUT2D eigenvalue weighted by Gasteiger charge is -2.16. The number of rotatable bonds is 9. The molecule has 0 unspecified atom stereocenters. The van der Waals surface area contributed by atoms with Gasteiger partial charge in [0.1, 0.15) is 0 Å². The predicted octanol–water partition coefficient (Wildman–Crippen LogP) is 15.2. The number of aliphatic imine (C=N–C) groups is 1. The molecule has 6 heteroatoms. The molecule has 68 heavy (non-hydrogen) atoms. The van der Waals surface area contributed by atoms with E-state index in [1.165, 1.54) is 10.8 Å². The fourth-order valence-electron chi connectivity index (χ4n) is 9.47. The van der Waals surface area contributed by atoms with E-state index in [4.69, 9.17) is 20.4 Å². The zero-order valence-corrected chi connectivity index (χ0v) is 36.9. The first-order valence-corrected chi connectivity index (χ1v) is 22.8. The molecule has 0 saturated heterocycles. The third-order valence-electron chi connectivity index (χ3n) is 12.6. The quantitative estimate of drug-likeness (QED) is 0.116. The number of nitrogens with one attached hydrogen (secondary N) is 1. The van der Waals surface area contributed by atoms with Crippen LogP contribution < -0.4 is 0 Å². The van der Waals surface area contributed by atoms with E-state index in [0.717, 1.165) is 89.0 Å². The molecule has 12 rings (SSSR count). The Bertz CT molecular complexity index is 3830. The molecule has 12 aromatic rings. The molecule has 0 amide bonds. The summed E-state index contributed by atoms with van der Waals surface area (Å²) in [6.45, 7) is 0. The Morgan fingerprint density at radius 1 is 0.426 bits per heavy atom. The van der Waals surface area contributed by atoms with E-state index in [0.29, 0.717) is 11.5 Å². The van der Waals surface area contributed by atoms with Gasteiger partial charge in [-0.25, -0.2) is 15.0 Å². The topological polar surface area (TPSA) is 71.8 Å². The Labute approximate surface area is 393 Å². The number of para-hydroxylation sites is 3. The highest BCUT2D eigenvalue weighted by molar-refractivity contribution is 6.24. The second kappa shape index (κ2) is 17.3. The third-order valence-corrected chi connectivity index (χ3v) is 12.6. The van der Waals surface area contributed by atoms with Gasteiger partial charge < -0.3 is 9.13 Å². The maximum absolute atomic E-state index is 9.13. The number of hydrogen-bond acceptors (Lipinski definition) is 3. The lowest BCUT2D eigenvalue weighted by atomic mass is 10.0. The van der Waals surface area contributed by atoms with Crippen LogP contribution in [0.3, 0.4) is 0 Å². The molecular formula is C62H42N6. The summed E-state index contributed by atoms with van der Waals surface area (Å²) in [5, 5.41) is 13.8. The Kier molecular flexibility index (Phi) is 10.2. The van der Waals surface area contributed by atoms with E-state index in [9.17, 15) is 0 Å². The van der Waals surface area contributed by atoms with Crippen molar-refractivity contribution in [3.05, 3.63) is 259 Å². The molecule has 1 N–H and O–H groups in total. The zero-order chi connectivity index (χ0) is 45.4. The minimum absolute atomic E-state index is 0.185. The van der Waals surface area contributed by atoms with Crippen molar-refractivity contribution in [2.75, 3.05) is 0 Å². The summed E-state index contributed by atoms with van der Waals surface area (Å²) in [5.74, 6) is 0.837. The van der Waals surface area contributed by atoms with Gasteiger partial charge in [0.25, 0.3) is 0 Å². The summed E-state index contributed by atoms with van der Waals surface area (Å²) in [7, 11) is 0. The van der Waals surface area contributed by atoms with Crippen molar-refractivity contribution < 1.29 is 0 Å². The minimum atomic E-state index is 0.185. The average molecular weight is 871 g/mol. The molecular weight excluding hydrogens is 829 g/mol. The van der Waals surface area contributed by atoms with E-state index < -0.39 is 0 Å². The zero-order valence-electron chi connectivity index (χ0n) is 36.9. The number of benzene rings is 9. The van der Waals surface area contributed by atoms with E-state index in [2.05, 4.69) is 155 Å². The molecule has 0 atom stereocenters. The number of fused-ring (bicyclic) bond motifs is 7. The third kappa shape index (κ3) is 7.27. The van der Waals surface area contributed by atoms with Gasteiger partial charge in [0, 0.05) is 55.0 Å². The van der Waals surface area contributed by atoms with Gasteiger partial charge in [-0.05, 0) is 54.1 Å². The smallest absolute Gasteiger partial charge is 0.160 e. The van der Waals surface area contributed by atoms with E-state index >= 15 is 0 Å². The van der Waals surface area contributed by atoms with Crippen LogP contribution in [0.15, 0.2) is 248 Å². The molecule has 0 aliphatic heterocycles. The highest BCUT2D eigenvalue weighted by atomic mass is 15.0. The van der Waals surface area contributed by atoms with Gasteiger partial charge in [-0.15, -0.1) is 0 Å². The van der Waals surface area contributed by atoms with Crippen molar-refractivity contribution in [1.82, 2.24) is 19.1 Å². The van der Waals surface area contributed by atoms with Crippen molar-refractivity contribution in [2.24, 2.45) is 4.99 Å². The number of allylic oxidation sites excluding steroid dienone is 1. The summed E-state index contributed by atoms with van der Waals surface area (Å²) in [5.41, 5.74) is 14.3. The number of amidine groups is 1. The second-order valence-corrected chi connectivity index (χ2v) is 16.8. The maximum Gasteiger partial charge on any atom is 0.160 e. The fraction of sp³-hybridized carbons (Fsp3) is 0. The SMILES string of the molecule is N=C(/N=C(\C=C\c1cc(-c2cc(-c3ccccc3)nc(-c3ccccc3)n2)ccc1-n1c2ccccc2c2ccc3c4ccccc4n(-c4ccccc4)c3c21)c1ccccc1)c1ccccc1.